The number of nitrogens with one attached hydrogen (secondary N) is 1. The van der Waals surface area contributed by atoms with Crippen molar-refractivity contribution in [3.8, 4) is 11.8 Å². The van der Waals surface area contributed by atoms with Crippen LogP contribution in [-0.4, -0.2) is 39.6 Å². The van der Waals surface area contributed by atoms with Crippen molar-refractivity contribution in [2.45, 2.75) is 38.5 Å². The second kappa shape index (κ2) is 6.64. The van der Waals surface area contributed by atoms with E-state index in [4.69, 9.17) is 10.00 Å². The quantitative estimate of drug-likeness (QED) is 0.588. The number of hydrogen-bond acceptors (Lipinski definition) is 5. The highest BCUT2D eigenvalue weighted by molar-refractivity contribution is 5.75. The minimum absolute atomic E-state index is 0. The minimum atomic E-state index is -1.09. The summed E-state index contributed by atoms with van der Waals surface area (Å²) in [5.41, 5.74) is 2.17. The summed E-state index contributed by atoms with van der Waals surface area (Å²) in [6.45, 7) is 4.65. The predicted molar refractivity (Wildman–Crippen MR) is 79.9 cm³/mol. The molecular weight excluding hydrogens is 302 g/mol. The van der Waals surface area contributed by atoms with Crippen molar-refractivity contribution < 1.29 is 24.9 Å². The molecule has 2 atom stereocenters. The van der Waals surface area contributed by atoms with Gasteiger partial charge in [0, 0.05) is 12.5 Å². The van der Waals surface area contributed by atoms with Crippen molar-refractivity contribution in [1.29, 1.82) is 5.26 Å². The fourth-order valence-electron chi connectivity index (χ4n) is 2.54. The normalized spacial score (nSPS) is 20.8. The maximum absolute atomic E-state index is 11.8. The molecule has 1 aliphatic rings. The van der Waals surface area contributed by atoms with Crippen LogP contribution in [0.4, 0.5) is 0 Å². The van der Waals surface area contributed by atoms with E-state index in [1.165, 1.54) is 6.92 Å². The topological polar surface area (TPSA) is 134 Å². The molecule has 1 aromatic carbocycles. The molecule has 0 spiro atoms. The van der Waals surface area contributed by atoms with Crippen LogP contribution in [0.25, 0.3) is 0 Å². The first-order chi connectivity index (χ1) is 10.3. The van der Waals surface area contributed by atoms with Gasteiger partial charge in [0.25, 0.3) is 0 Å². The summed E-state index contributed by atoms with van der Waals surface area (Å²) in [4.78, 5) is 22.6. The molecule has 0 radical (unpaired) electrons. The van der Waals surface area contributed by atoms with Gasteiger partial charge in [-0.3, -0.25) is 15.0 Å². The highest BCUT2D eigenvalue weighted by atomic mass is 16.5. The zero-order valence-corrected chi connectivity index (χ0v) is 13.0. The zero-order valence-electron chi connectivity index (χ0n) is 13.0. The van der Waals surface area contributed by atoms with Gasteiger partial charge in [0.1, 0.15) is 23.5 Å². The van der Waals surface area contributed by atoms with E-state index < -0.39 is 23.7 Å². The van der Waals surface area contributed by atoms with Gasteiger partial charge in [-0.15, -0.1) is 0 Å². The first-order valence-corrected chi connectivity index (χ1v) is 6.72. The Morgan fingerprint density at radius 2 is 2.17 bits per heavy atom. The van der Waals surface area contributed by atoms with E-state index in [9.17, 15) is 14.7 Å². The van der Waals surface area contributed by atoms with Crippen molar-refractivity contribution in [3.63, 3.8) is 0 Å². The second-order valence-corrected chi connectivity index (χ2v) is 5.60. The summed E-state index contributed by atoms with van der Waals surface area (Å²) >= 11 is 0. The van der Waals surface area contributed by atoms with E-state index in [1.54, 1.807) is 32.0 Å². The third-order valence-electron chi connectivity index (χ3n) is 3.65. The highest BCUT2D eigenvalue weighted by Crippen LogP contribution is 2.42. The molecule has 0 aromatic heterocycles. The van der Waals surface area contributed by atoms with Crippen LogP contribution in [-0.2, 0) is 9.59 Å². The fraction of sp³-hybridized carbons (Fsp3) is 0.400. The SMILES string of the molecule is CC(=O)N(NC=O)[C@H]1c2cc(C#N)ccc2OC(C)(C)[C@@H]1O.O. The van der Waals surface area contributed by atoms with Gasteiger partial charge in [-0.05, 0) is 32.0 Å². The molecule has 1 heterocycles. The summed E-state index contributed by atoms with van der Waals surface area (Å²) < 4.78 is 5.76. The first-order valence-electron chi connectivity index (χ1n) is 6.72. The maximum Gasteiger partial charge on any atom is 0.238 e. The molecule has 124 valence electrons. The van der Waals surface area contributed by atoms with E-state index in [0.717, 1.165) is 5.01 Å². The van der Waals surface area contributed by atoms with Crippen LogP contribution in [0, 0.1) is 11.3 Å². The van der Waals surface area contributed by atoms with Gasteiger partial charge in [-0.2, -0.15) is 5.26 Å². The molecule has 4 N–H and O–H groups in total. The molecule has 0 fully saturated rings. The number of ether oxygens (including phenoxy) is 1. The van der Waals surface area contributed by atoms with Crippen molar-refractivity contribution in [2.75, 3.05) is 0 Å². The van der Waals surface area contributed by atoms with Crippen LogP contribution in [0.1, 0.15) is 37.9 Å². The van der Waals surface area contributed by atoms with Gasteiger partial charge in [0.15, 0.2) is 0 Å². The number of carbonyl (C=O) groups excluding carboxylic acids is 2. The van der Waals surface area contributed by atoms with E-state index in [0.29, 0.717) is 23.3 Å². The Balaban J connectivity index is 0.00000264. The molecule has 0 bridgehead atoms. The number of fused-ring (bicyclic) bond motifs is 1. The average molecular weight is 321 g/mol. The third kappa shape index (κ3) is 3.26. The Morgan fingerprint density at radius 1 is 1.52 bits per heavy atom. The van der Waals surface area contributed by atoms with Crippen molar-refractivity contribution in [1.82, 2.24) is 10.4 Å². The zero-order chi connectivity index (χ0) is 16.5. The Hall–Kier alpha value is -2.63. The molecule has 8 heteroatoms. The summed E-state index contributed by atoms with van der Waals surface area (Å²) in [6, 6.07) is 5.90. The number of aliphatic hydroxyl groups is 1. The molecule has 0 unspecified atom stereocenters. The number of nitriles is 1. The van der Waals surface area contributed by atoms with Crippen LogP contribution in [0.15, 0.2) is 18.2 Å². The number of nitrogens with zero attached hydrogens (tertiary/aromatic N) is 2. The molecule has 1 aromatic rings. The lowest BCUT2D eigenvalue weighted by atomic mass is 9.85. The Kier molecular flexibility index (Phi) is 5.32. The molecule has 8 nitrogen and oxygen atoms in total. The number of amides is 2. The van der Waals surface area contributed by atoms with E-state index in [2.05, 4.69) is 5.43 Å². The Labute approximate surface area is 133 Å². The summed E-state index contributed by atoms with van der Waals surface area (Å²) in [5.74, 6) is 0.0143. The average Bonchev–Trinajstić information content (AvgIpc) is 2.46. The van der Waals surface area contributed by atoms with E-state index in [1.807, 2.05) is 6.07 Å². The largest absolute Gasteiger partial charge is 0.485 e. The lowest BCUT2D eigenvalue weighted by Gasteiger charge is -2.45. The fourth-order valence-corrected chi connectivity index (χ4v) is 2.54. The second-order valence-electron chi connectivity index (χ2n) is 5.60. The summed E-state index contributed by atoms with van der Waals surface area (Å²) in [6.07, 6.45) is -0.727. The third-order valence-corrected chi connectivity index (χ3v) is 3.65. The lowest BCUT2D eigenvalue weighted by molar-refractivity contribution is -0.151. The smallest absolute Gasteiger partial charge is 0.238 e. The van der Waals surface area contributed by atoms with E-state index in [-0.39, 0.29) is 5.48 Å². The summed E-state index contributed by atoms with van der Waals surface area (Å²) in [7, 11) is 0. The molecule has 0 saturated heterocycles. The minimum Gasteiger partial charge on any atom is -0.485 e. The Morgan fingerprint density at radius 3 is 2.70 bits per heavy atom. The molecule has 23 heavy (non-hydrogen) atoms. The van der Waals surface area contributed by atoms with Crippen molar-refractivity contribution in [3.05, 3.63) is 29.3 Å². The molecule has 1 aliphatic heterocycles. The standard InChI is InChI=1S/C15H17N3O4.H2O/c1-9(20)18(17-8-19)13-11-6-10(7-16)4-5-12(11)22-15(2,3)14(13)21;/h4-6,8,13-14,21H,1-3H3,(H,17,19);1H2/t13-,14+;/m0./s1. The number of rotatable bonds is 3. The van der Waals surface area contributed by atoms with Gasteiger partial charge < -0.3 is 15.3 Å². The number of hydrazine groups is 1. The van der Waals surface area contributed by atoms with Crippen molar-refractivity contribution in [2.24, 2.45) is 0 Å². The molecule has 2 rings (SSSR count). The lowest BCUT2D eigenvalue weighted by Crippen LogP contribution is -2.57. The predicted octanol–water partition coefficient (Wildman–Crippen LogP) is -0.184. The molecular formula is C15H19N3O5. The number of hydrogen-bond donors (Lipinski definition) is 2. The number of aliphatic hydroxyl groups excluding tert-OH is 1. The monoisotopic (exact) mass is 321 g/mol. The molecule has 0 saturated carbocycles. The van der Waals surface area contributed by atoms with Gasteiger partial charge >= 0.3 is 0 Å². The van der Waals surface area contributed by atoms with E-state index >= 15 is 0 Å². The van der Waals surface area contributed by atoms with Crippen LogP contribution in [0.5, 0.6) is 5.75 Å². The van der Waals surface area contributed by atoms with Crippen LogP contribution in [0.2, 0.25) is 0 Å². The Bertz CT molecular complexity index is 653. The molecule has 2 amide bonds. The van der Waals surface area contributed by atoms with Crippen molar-refractivity contribution >= 4 is 12.3 Å². The molecule has 0 aliphatic carbocycles. The number of carbonyl (C=O) groups is 2. The van der Waals surface area contributed by atoms with Gasteiger partial charge in [-0.25, -0.2) is 5.01 Å². The number of benzene rings is 1. The first kappa shape index (κ1) is 18.4. The van der Waals surface area contributed by atoms with Crippen LogP contribution in [0.3, 0.4) is 0 Å². The maximum atomic E-state index is 11.8. The van der Waals surface area contributed by atoms with Gasteiger partial charge in [0.05, 0.1) is 11.6 Å². The highest BCUT2D eigenvalue weighted by Gasteiger charge is 2.46. The van der Waals surface area contributed by atoms with Gasteiger partial charge in [-0.1, -0.05) is 0 Å². The summed E-state index contributed by atoms with van der Waals surface area (Å²) in [5, 5.41) is 20.7. The van der Waals surface area contributed by atoms with Gasteiger partial charge in [0.2, 0.25) is 12.3 Å². The van der Waals surface area contributed by atoms with Crippen LogP contribution < -0.4 is 10.2 Å². The van der Waals surface area contributed by atoms with Crippen LogP contribution >= 0.6 is 0 Å².